The van der Waals surface area contributed by atoms with Crippen molar-refractivity contribution in [2.45, 2.75) is 85.0 Å². The SMILES string of the molecule is C/C=C(\C)N1C(=O)N(C(C)(C)C)C(=O)C12CCN(Cc1cccc(OC(C)C)c1)CC2. The molecule has 2 fully saturated rings. The third-order valence-electron chi connectivity index (χ3n) is 6.21. The molecule has 31 heavy (non-hydrogen) atoms. The molecule has 1 aromatic rings. The minimum atomic E-state index is -0.778. The minimum Gasteiger partial charge on any atom is -0.491 e. The van der Waals surface area contributed by atoms with E-state index in [0.29, 0.717) is 12.8 Å². The van der Waals surface area contributed by atoms with Crippen LogP contribution in [-0.4, -0.2) is 56.9 Å². The van der Waals surface area contributed by atoms with Gasteiger partial charge in [0.15, 0.2) is 0 Å². The van der Waals surface area contributed by atoms with Gasteiger partial charge in [0, 0.05) is 30.9 Å². The second-order valence-electron chi connectivity index (χ2n) is 9.98. The number of carbonyl (C=O) groups is 2. The summed E-state index contributed by atoms with van der Waals surface area (Å²) in [6.07, 6.45) is 3.34. The highest BCUT2D eigenvalue weighted by atomic mass is 16.5. The molecule has 3 rings (SSSR count). The van der Waals surface area contributed by atoms with E-state index in [4.69, 9.17) is 4.74 Å². The van der Waals surface area contributed by atoms with Crippen LogP contribution in [0.15, 0.2) is 36.0 Å². The lowest BCUT2D eigenvalue weighted by atomic mass is 9.84. The first-order chi connectivity index (χ1) is 14.5. The van der Waals surface area contributed by atoms with Crippen molar-refractivity contribution in [3.05, 3.63) is 41.6 Å². The highest BCUT2D eigenvalue weighted by Crippen LogP contribution is 2.42. The Bertz CT molecular complexity index is 861. The van der Waals surface area contributed by atoms with E-state index < -0.39 is 11.1 Å². The fourth-order valence-electron chi connectivity index (χ4n) is 4.65. The molecule has 0 bridgehead atoms. The topological polar surface area (TPSA) is 53.1 Å². The normalized spacial score (nSPS) is 20.3. The zero-order chi connectivity index (χ0) is 23.0. The van der Waals surface area contributed by atoms with E-state index in [-0.39, 0.29) is 18.0 Å². The van der Waals surface area contributed by atoms with Crippen molar-refractivity contribution in [1.29, 1.82) is 0 Å². The number of carbonyl (C=O) groups excluding carboxylic acids is 2. The van der Waals surface area contributed by atoms with Gasteiger partial charge in [-0.3, -0.25) is 19.5 Å². The van der Waals surface area contributed by atoms with Crippen LogP contribution in [0.3, 0.4) is 0 Å². The minimum absolute atomic E-state index is 0.0572. The molecule has 6 heteroatoms. The van der Waals surface area contributed by atoms with Gasteiger partial charge in [0.1, 0.15) is 11.3 Å². The summed E-state index contributed by atoms with van der Waals surface area (Å²) in [7, 11) is 0. The van der Waals surface area contributed by atoms with Gasteiger partial charge in [-0.2, -0.15) is 0 Å². The molecule has 2 aliphatic heterocycles. The lowest BCUT2D eigenvalue weighted by Crippen LogP contribution is -2.56. The van der Waals surface area contributed by atoms with Crippen LogP contribution in [-0.2, 0) is 11.3 Å². The second-order valence-corrected chi connectivity index (χ2v) is 9.98. The Morgan fingerprint density at radius 1 is 1.19 bits per heavy atom. The average molecular weight is 428 g/mol. The number of ether oxygens (including phenoxy) is 1. The lowest BCUT2D eigenvalue weighted by molar-refractivity contribution is -0.138. The fraction of sp³-hybridized carbons (Fsp3) is 0.600. The van der Waals surface area contributed by atoms with Gasteiger partial charge in [0.25, 0.3) is 5.91 Å². The molecule has 0 atom stereocenters. The molecule has 6 nitrogen and oxygen atoms in total. The van der Waals surface area contributed by atoms with E-state index in [0.717, 1.165) is 31.1 Å². The predicted molar refractivity (Wildman–Crippen MR) is 123 cm³/mol. The number of urea groups is 1. The number of allylic oxidation sites excluding steroid dienone is 2. The number of hydrogen-bond donors (Lipinski definition) is 0. The number of likely N-dealkylation sites (tertiary alicyclic amines) is 1. The van der Waals surface area contributed by atoms with Gasteiger partial charge in [-0.15, -0.1) is 0 Å². The van der Waals surface area contributed by atoms with Crippen molar-refractivity contribution in [3.8, 4) is 5.75 Å². The number of hydrogen-bond acceptors (Lipinski definition) is 4. The molecule has 170 valence electrons. The van der Waals surface area contributed by atoms with Crippen LogP contribution in [0.1, 0.15) is 66.9 Å². The summed E-state index contributed by atoms with van der Waals surface area (Å²) in [6, 6.07) is 8.01. The number of amides is 3. The van der Waals surface area contributed by atoms with Crippen molar-refractivity contribution in [2.75, 3.05) is 13.1 Å². The zero-order valence-corrected chi connectivity index (χ0v) is 20.1. The summed E-state index contributed by atoms with van der Waals surface area (Å²) >= 11 is 0. The Labute approximate surface area is 186 Å². The van der Waals surface area contributed by atoms with E-state index in [1.807, 2.05) is 66.7 Å². The molecule has 2 saturated heterocycles. The van der Waals surface area contributed by atoms with Gasteiger partial charge in [0.2, 0.25) is 0 Å². The highest BCUT2D eigenvalue weighted by Gasteiger charge is 2.60. The molecule has 0 unspecified atom stereocenters. The zero-order valence-electron chi connectivity index (χ0n) is 20.1. The molecule has 3 amide bonds. The molecule has 0 aliphatic carbocycles. The summed E-state index contributed by atoms with van der Waals surface area (Å²) < 4.78 is 5.82. The van der Waals surface area contributed by atoms with E-state index in [9.17, 15) is 9.59 Å². The molecule has 2 aliphatic rings. The summed E-state index contributed by atoms with van der Waals surface area (Å²) in [5.74, 6) is 0.825. The maximum Gasteiger partial charge on any atom is 0.332 e. The average Bonchev–Trinajstić information content (AvgIpc) is 2.89. The highest BCUT2D eigenvalue weighted by molar-refractivity contribution is 6.08. The monoisotopic (exact) mass is 427 g/mol. The molecule has 1 spiro atoms. The van der Waals surface area contributed by atoms with Crippen molar-refractivity contribution < 1.29 is 14.3 Å². The number of imide groups is 1. The first kappa shape index (κ1) is 23.3. The van der Waals surface area contributed by atoms with Crippen molar-refractivity contribution >= 4 is 11.9 Å². The van der Waals surface area contributed by atoms with Crippen molar-refractivity contribution in [3.63, 3.8) is 0 Å². The van der Waals surface area contributed by atoms with Gasteiger partial charge in [0.05, 0.1) is 6.10 Å². The Morgan fingerprint density at radius 2 is 1.84 bits per heavy atom. The van der Waals surface area contributed by atoms with Crippen LogP contribution >= 0.6 is 0 Å². The summed E-state index contributed by atoms with van der Waals surface area (Å²) in [6.45, 7) is 16.0. The predicted octanol–water partition coefficient (Wildman–Crippen LogP) is 4.79. The van der Waals surface area contributed by atoms with E-state index >= 15 is 0 Å². The molecule has 0 aromatic heterocycles. The maximum atomic E-state index is 13.6. The van der Waals surface area contributed by atoms with Gasteiger partial charge < -0.3 is 4.74 Å². The Balaban J connectivity index is 1.78. The number of piperidine rings is 1. The standard InChI is InChI=1S/C25H37N3O3/c1-8-19(4)27-23(30)28(24(5,6)7)22(29)25(27)12-14-26(15-13-25)17-20-10-9-11-21(16-20)31-18(2)3/h8-11,16,18H,12-15,17H2,1-7H3/b19-8+. The first-order valence-electron chi connectivity index (χ1n) is 11.3. The van der Waals surface area contributed by atoms with Crippen molar-refractivity contribution in [1.82, 2.24) is 14.7 Å². The fourth-order valence-corrected chi connectivity index (χ4v) is 4.65. The van der Waals surface area contributed by atoms with Crippen LogP contribution in [0.5, 0.6) is 5.75 Å². The Morgan fingerprint density at radius 3 is 2.39 bits per heavy atom. The van der Waals surface area contributed by atoms with Crippen LogP contribution in [0.25, 0.3) is 0 Å². The van der Waals surface area contributed by atoms with Gasteiger partial charge >= 0.3 is 6.03 Å². The third kappa shape index (κ3) is 4.49. The molecule has 0 saturated carbocycles. The Hall–Kier alpha value is -2.34. The van der Waals surface area contributed by atoms with Gasteiger partial charge in [-0.25, -0.2) is 4.79 Å². The maximum absolute atomic E-state index is 13.6. The van der Waals surface area contributed by atoms with Crippen LogP contribution in [0.2, 0.25) is 0 Å². The van der Waals surface area contributed by atoms with E-state index in [2.05, 4.69) is 17.0 Å². The number of benzene rings is 1. The molecule has 2 heterocycles. The lowest BCUT2D eigenvalue weighted by Gasteiger charge is -2.42. The van der Waals surface area contributed by atoms with Crippen LogP contribution < -0.4 is 4.74 Å². The van der Waals surface area contributed by atoms with Gasteiger partial charge in [-0.1, -0.05) is 18.2 Å². The largest absolute Gasteiger partial charge is 0.491 e. The van der Waals surface area contributed by atoms with Gasteiger partial charge in [-0.05, 0) is 79.0 Å². The smallest absolute Gasteiger partial charge is 0.332 e. The summed E-state index contributed by atoms with van der Waals surface area (Å²) in [5.41, 5.74) is 0.718. The van der Waals surface area contributed by atoms with Crippen molar-refractivity contribution in [2.24, 2.45) is 0 Å². The summed E-state index contributed by atoms with van der Waals surface area (Å²) in [5, 5.41) is 0. The number of rotatable bonds is 5. The molecule has 0 N–H and O–H groups in total. The first-order valence-corrected chi connectivity index (χ1v) is 11.3. The number of nitrogens with zero attached hydrogens (tertiary/aromatic N) is 3. The molecular weight excluding hydrogens is 390 g/mol. The molecule has 1 aromatic carbocycles. The second kappa shape index (κ2) is 8.65. The van der Waals surface area contributed by atoms with E-state index in [1.165, 1.54) is 10.5 Å². The quantitative estimate of drug-likeness (QED) is 0.634. The van der Waals surface area contributed by atoms with E-state index in [1.54, 1.807) is 4.90 Å². The molecule has 0 radical (unpaired) electrons. The third-order valence-corrected chi connectivity index (χ3v) is 6.21. The Kier molecular flexibility index (Phi) is 6.51. The molecular formula is C25H37N3O3. The van der Waals surface area contributed by atoms with Crippen LogP contribution in [0.4, 0.5) is 4.79 Å². The summed E-state index contributed by atoms with van der Waals surface area (Å²) in [4.78, 5) is 32.5. The van der Waals surface area contributed by atoms with Crippen LogP contribution in [0, 0.1) is 0 Å².